The van der Waals surface area contributed by atoms with E-state index in [-0.39, 0.29) is 11.9 Å². The average Bonchev–Trinajstić information content (AvgIpc) is 3.00. The normalized spacial score (nSPS) is 12.0. The van der Waals surface area contributed by atoms with Crippen LogP contribution in [0.1, 0.15) is 42.5 Å². The molecule has 1 amide bonds. The van der Waals surface area contributed by atoms with E-state index in [2.05, 4.69) is 20.4 Å². The van der Waals surface area contributed by atoms with Crippen molar-refractivity contribution < 1.29 is 9.53 Å². The minimum absolute atomic E-state index is 0.181. The van der Waals surface area contributed by atoms with E-state index < -0.39 is 0 Å². The maximum atomic E-state index is 12.3. The zero-order chi connectivity index (χ0) is 15.2. The lowest BCUT2D eigenvalue weighted by Gasteiger charge is -2.17. The number of carbonyl (C=O) groups excluding carboxylic acids is 1. The summed E-state index contributed by atoms with van der Waals surface area (Å²) in [6, 6.07) is 3.07. The molecule has 21 heavy (non-hydrogen) atoms. The van der Waals surface area contributed by atoms with Crippen LogP contribution in [0.5, 0.6) is 5.88 Å². The molecular weight excluding hydrogens is 270 g/mol. The fraction of sp³-hybridized carbons (Fsp3) is 0.429. The summed E-state index contributed by atoms with van der Waals surface area (Å²) in [7, 11) is 1.52. The zero-order valence-electron chi connectivity index (χ0n) is 12.4. The van der Waals surface area contributed by atoms with Gasteiger partial charge in [0.25, 0.3) is 5.91 Å². The van der Waals surface area contributed by atoms with Crippen LogP contribution in [0.2, 0.25) is 0 Å². The molecule has 0 bridgehead atoms. The molecule has 2 aromatic rings. The number of aromatic nitrogens is 4. The van der Waals surface area contributed by atoms with Crippen LogP contribution in [-0.4, -0.2) is 32.8 Å². The molecule has 0 aliphatic heterocycles. The second-order valence-electron chi connectivity index (χ2n) is 4.46. The molecule has 0 spiro atoms. The summed E-state index contributed by atoms with van der Waals surface area (Å²) in [5.41, 5.74) is 0.503. The highest BCUT2D eigenvalue weighted by Gasteiger charge is 2.19. The minimum atomic E-state index is -0.187. The molecule has 112 valence electrons. The Balaban J connectivity index is 2.16. The summed E-state index contributed by atoms with van der Waals surface area (Å²) >= 11 is 0. The first-order valence-corrected chi connectivity index (χ1v) is 6.88. The van der Waals surface area contributed by atoms with Gasteiger partial charge in [0.2, 0.25) is 5.88 Å². The number of nitrogens with one attached hydrogen (secondary N) is 1. The number of methoxy groups -OCH3 is 1. The van der Waals surface area contributed by atoms with Crippen LogP contribution in [0, 0.1) is 0 Å². The summed E-state index contributed by atoms with van der Waals surface area (Å²) in [6.07, 6.45) is 3.78. The zero-order valence-corrected chi connectivity index (χ0v) is 12.4. The van der Waals surface area contributed by atoms with E-state index in [0.717, 1.165) is 12.2 Å². The van der Waals surface area contributed by atoms with Gasteiger partial charge in [-0.2, -0.15) is 5.10 Å². The number of aryl methyl sites for hydroxylation is 1. The molecule has 1 N–H and O–H groups in total. The third-order valence-electron chi connectivity index (χ3n) is 3.18. The lowest BCUT2D eigenvalue weighted by molar-refractivity contribution is 0.0932. The van der Waals surface area contributed by atoms with Crippen molar-refractivity contribution in [2.45, 2.75) is 32.9 Å². The summed E-state index contributed by atoms with van der Waals surface area (Å²) in [5, 5.41) is 7.10. The first kappa shape index (κ1) is 15.0. The van der Waals surface area contributed by atoms with Gasteiger partial charge >= 0.3 is 0 Å². The van der Waals surface area contributed by atoms with Crippen LogP contribution in [-0.2, 0) is 6.54 Å². The lowest BCUT2D eigenvalue weighted by atomic mass is 10.1. The SMILES string of the molecule is CC[C@@H](NC(=O)c1ccnc(OC)c1)c1ncnn1CC. The first-order chi connectivity index (χ1) is 10.2. The molecule has 0 aliphatic rings. The second kappa shape index (κ2) is 6.83. The van der Waals surface area contributed by atoms with Crippen molar-refractivity contribution in [2.75, 3.05) is 7.11 Å². The van der Waals surface area contributed by atoms with Crippen LogP contribution in [0.4, 0.5) is 0 Å². The molecule has 2 rings (SSSR count). The van der Waals surface area contributed by atoms with Gasteiger partial charge in [0.1, 0.15) is 12.2 Å². The van der Waals surface area contributed by atoms with Gasteiger partial charge in [-0.15, -0.1) is 0 Å². The molecule has 0 aliphatic carbocycles. The maximum Gasteiger partial charge on any atom is 0.252 e. The van der Waals surface area contributed by atoms with Crippen molar-refractivity contribution in [3.05, 3.63) is 36.0 Å². The van der Waals surface area contributed by atoms with Gasteiger partial charge in [-0.05, 0) is 19.4 Å². The van der Waals surface area contributed by atoms with Crippen molar-refractivity contribution in [2.24, 2.45) is 0 Å². The molecule has 0 saturated carbocycles. The third-order valence-corrected chi connectivity index (χ3v) is 3.18. The van der Waals surface area contributed by atoms with Gasteiger partial charge < -0.3 is 10.1 Å². The van der Waals surface area contributed by atoms with Gasteiger partial charge in [0.05, 0.1) is 13.2 Å². The summed E-state index contributed by atoms with van der Waals surface area (Å²) in [5.74, 6) is 0.981. The topological polar surface area (TPSA) is 81.9 Å². The van der Waals surface area contributed by atoms with E-state index in [1.807, 2.05) is 13.8 Å². The fourth-order valence-electron chi connectivity index (χ4n) is 2.04. The van der Waals surface area contributed by atoms with Crippen molar-refractivity contribution in [1.29, 1.82) is 0 Å². The lowest BCUT2D eigenvalue weighted by Crippen LogP contribution is -2.30. The Kier molecular flexibility index (Phi) is 4.86. The van der Waals surface area contributed by atoms with Gasteiger partial charge in [-0.3, -0.25) is 4.79 Å². The second-order valence-corrected chi connectivity index (χ2v) is 4.46. The van der Waals surface area contributed by atoms with Crippen molar-refractivity contribution in [1.82, 2.24) is 25.1 Å². The number of rotatable bonds is 6. The van der Waals surface area contributed by atoms with Crippen LogP contribution in [0.3, 0.4) is 0 Å². The van der Waals surface area contributed by atoms with E-state index in [1.165, 1.54) is 13.4 Å². The molecule has 0 saturated heterocycles. The largest absolute Gasteiger partial charge is 0.481 e. The van der Waals surface area contributed by atoms with Gasteiger partial charge in [0, 0.05) is 24.4 Å². The number of pyridine rings is 1. The van der Waals surface area contributed by atoms with Crippen molar-refractivity contribution >= 4 is 5.91 Å². The van der Waals surface area contributed by atoms with Crippen LogP contribution in [0.15, 0.2) is 24.7 Å². The van der Waals surface area contributed by atoms with Gasteiger partial charge in [0.15, 0.2) is 0 Å². The van der Waals surface area contributed by atoms with E-state index in [9.17, 15) is 4.79 Å². The number of amides is 1. The molecule has 2 aromatic heterocycles. The molecule has 0 unspecified atom stereocenters. The summed E-state index contributed by atoms with van der Waals surface area (Å²) in [6.45, 7) is 4.69. The summed E-state index contributed by atoms with van der Waals surface area (Å²) < 4.78 is 6.81. The molecule has 2 heterocycles. The monoisotopic (exact) mass is 289 g/mol. The molecule has 0 aromatic carbocycles. The Labute approximate surface area is 123 Å². The number of ether oxygens (including phenoxy) is 1. The molecular formula is C14H19N5O2. The predicted octanol–water partition coefficient (Wildman–Crippen LogP) is 1.58. The van der Waals surface area contributed by atoms with Crippen LogP contribution in [0.25, 0.3) is 0 Å². The number of carbonyl (C=O) groups is 1. The highest BCUT2D eigenvalue weighted by Crippen LogP contribution is 2.15. The average molecular weight is 289 g/mol. The standard InChI is InChI=1S/C14H19N5O2/c1-4-11(13-16-9-17-19(13)5-2)18-14(20)10-6-7-15-12(8-10)21-3/h6-9,11H,4-5H2,1-3H3,(H,18,20)/t11-/m1/s1. The number of nitrogens with zero attached hydrogens (tertiary/aromatic N) is 4. The Morgan fingerprint density at radius 2 is 2.24 bits per heavy atom. The minimum Gasteiger partial charge on any atom is -0.481 e. The first-order valence-electron chi connectivity index (χ1n) is 6.88. The molecule has 7 heteroatoms. The Morgan fingerprint density at radius 3 is 2.90 bits per heavy atom. The Hall–Kier alpha value is -2.44. The molecule has 0 radical (unpaired) electrons. The van der Waals surface area contributed by atoms with E-state index >= 15 is 0 Å². The molecule has 0 fully saturated rings. The van der Waals surface area contributed by atoms with Crippen LogP contribution < -0.4 is 10.1 Å². The summed E-state index contributed by atoms with van der Waals surface area (Å²) in [4.78, 5) is 20.6. The molecule has 1 atom stereocenters. The van der Waals surface area contributed by atoms with Gasteiger partial charge in [-0.1, -0.05) is 6.92 Å². The van der Waals surface area contributed by atoms with Gasteiger partial charge in [-0.25, -0.2) is 14.6 Å². The van der Waals surface area contributed by atoms with E-state index in [0.29, 0.717) is 18.0 Å². The quantitative estimate of drug-likeness (QED) is 0.873. The van der Waals surface area contributed by atoms with Crippen molar-refractivity contribution in [3.63, 3.8) is 0 Å². The highest BCUT2D eigenvalue weighted by molar-refractivity contribution is 5.94. The van der Waals surface area contributed by atoms with E-state index in [1.54, 1.807) is 23.0 Å². The molecule has 7 nitrogen and oxygen atoms in total. The predicted molar refractivity (Wildman–Crippen MR) is 77.0 cm³/mol. The maximum absolute atomic E-state index is 12.3. The Morgan fingerprint density at radius 1 is 1.43 bits per heavy atom. The van der Waals surface area contributed by atoms with E-state index in [4.69, 9.17) is 4.74 Å². The highest BCUT2D eigenvalue weighted by atomic mass is 16.5. The number of hydrogen-bond donors (Lipinski definition) is 1. The van der Waals surface area contributed by atoms with Crippen molar-refractivity contribution in [3.8, 4) is 5.88 Å². The smallest absolute Gasteiger partial charge is 0.252 e. The van der Waals surface area contributed by atoms with Crippen LogP contribution >= 0.6 is 0 Å². The fourth-order valence-corrected chi connectivity index (χ4v) is 2.04. The Bertz CT molecular complexity index is 611. The number of hydrogen-bond acceptors (Lipinski definition) is 5. The third kappa shape index (κ3) is 3.36.